The average molecular weight is 285 g/mol. The Balaban J connectivity index is 2.83. The Labute approximate surface area is 89.3 Å². The van der Waals surface area contributed by atoms with Crippen molar-refractivity contribution >= 4 is 26.2 Å². The van der Waals surface area contributed by atoms with Crippen molar-refractivity contribution in [2.24, 2.45) is 0 Å². The van der Waals surface area contributed by atoms with E-state index in [0.717, 1.165) is 0 Å². The van der Waals surface area contributed by atoms with E-state index in [9.17, 15) is 16.7 Å². The molecule has 0 aliphatic rings. The van der Waals surface area contributed by atoms with Crippen LogP contribution in [0.15, 0.2) is 22.7 Å². The van der Waals surface area contributed by atoms with Crippen molar-refractivity contribution in [3.63, 3.8) is 0 Å². The molecule has 1 rings (SSSR count). The van der Waals surface area contributed by atoms with Gasteiger partial charge in [0.25, 0.3) is 0 Å². The van der Waals surface area contributed by atoms with Crippen molar-refractivity contribution in [2.75, 3.05) is 5.75 Å². The minimum Gasteiger partial charge on any atom is -0.205 e. The highest BCUT2D eigenvalue weighted by Gasteiger charge is 2.11. The molecule has 14 heavy (non-hydrogen) atoms. The Kier molecular flexibility index (Phi) is 3.60. The molecule has 0 bridgehead atoms. The smallest absolute Gasteiger partial charge is 0.205 e. The first-order valence-electron chi connectivity index (χ1n) is 3.75. The molecule has 0 amide bonds. The average Bonchev–Trinajstić information content (AvgIpc) is 2.06. The number of aryl methyl sites for hydroxylation is 1. The fraction of sp³-hybridized carbons (Fsp3) is 0.250. The lowest BCUT2D eigenvalue weighted by Crippen LogP contribution is -2.03. The van der Waals surface area contributed by atoms with Gasteiger partial charge in [-0.25, -0.2) is 4.39 Å². The Hall–Kier alpha value is -0.490. The zero-order valence-electron chi connectivity index (χ0n) is 7.00. The van der Waals surface area contributed by atoms with Crippen molar-refractivity contribution in [1.29, 1.82) is 0 Å². The molecule has 0 heterocycles. The minimum absolute atomic E-state index is 0.163. The molecule has 6 heteroatoms. The molecule has 0 fully saturated rings. The summed E-state index contributed by atoms with van der Waals surface area (Å²) in [6, 6.07) is 4.47. The van der Waals surface area contributed by atoms with Crippen LogP contribution in [0.3, 0.4) is 0 Å². The van der Waals surface area contributed by atoms with Crippen molar-refractivity contribution < 1.29 is 16.7 Å². The van der Waals surface area contributed by atoms with E-state index in [1.165, 1.54) is 12.1 Å². The highest BCUT2D eigenvalue weighted by molar-refractivity contribution is 9.10. The number of hydrogen-bond acceptors (Lipinski definition) is 2. The van der Waals surface area contributed by atoms with E-state index in [2.05, 4.69) is 15.9 Å². The molecule has 0 saturated heterocycles. The van der Waals surface area contributed by atoms with Crippen LogP contribution in [0.5, 0.6) is 0 Å². The van der Waals surface area contributed by atoms with Crippen molar-refractivity contribution in [3.8, 4) is 0 Å². The van der Waals surface area contributed by atoms with Crippen molar-refractivity contribution in [1.82, 2.24) is 0 Å². The van der Waals surface area contributed by atoms with Gasteiger partial charge in [-0.05, 0) is 34.0 Å². The summed E-state index contributed by atoms with van der Waals surface area (Å²) in [5.41, 5.74) is 0.181. The second kappa shape index (κ2) is 4.35. The Morgan fingerprint density at radius 2 is 2.00 bits per heavy atom. The predicted molar refractivity (Wildman–Crippen MR) is 52.7 cm³/mol. The number of hydrogen-bond donors (Lipinski definition) is 0. The summed E-state index contributed by atoms with van der Waals surface area (Å²) in [6.45, 7) is 0. The summed E-state index contributed by atoms with van der Waals surface area (Å²) in [5, 5.41) is 0. The maximum atomic E-state index is 13.2. The van der Waals surface area contributed by atoms with E-state index in [1.54, 1.807) is 6.07 Å². The first-order valence-corrected chi connectivity index (χ1v) is 6.10. The molecule has 0 spiro atoms. The topological polar surface area (TPSA) is 34.1 Å². The van der Waals surface area contributed by atoms with E-state index < -0.39 is 21.8 Å². The van der Waals surface area contributed by atoms with E-state index in [-0.39, 0.29) is 16.5 Å². The van der Waals surface area contributed by atoms with Crippen LogP contribution in [0.25, 0.3) is 0 Å². The zero-order chi connectivity index (χ0) is 10.8. The van der Waals surface area contributed by atoms with Gasteiger partial charge in [-0.2, -0.15) is 8.42 Å². The first-order chi connectivity index (χ1) is 6.40. The minimum atomic E-state index is -4.53. The lowest BCUT2D eigenvalue weighted by molar-refractivity contribution is 0.549. The third-order valence-electron chi connectivity index (χ3n) is 1.65. The number of halogens is 3. The van der Waals surface area contributed by atoms with E-state index in [1.807, 2.05) is 0 Å². The quantitative estimate of drug-likeness (QED) is 0.799. The van der Waals surface area contributed by atoms with Gasteiger partial charge in [0.15, 0.2) is 0 Å². The van der Waals surface area contributed by atoms with Crippen LogP contribution < -0.4 is 0 Å². The van der Waals surface area contributed by atoms with Gasteiger partial charge in [-0.15, -0.1) is 3.89 Å². The summed E-state index contributed by atoms with van der Waals surface area (Å²) in [5.74, 6) is -1.24. The van der Waals surface area contributed by atoms with Crippen LogP contribution in [-0.2, 0) is 16.6 Å². The highest BCUT2D eigenvalue weighted by Crippen LogP contribution is 2.19. The lowest BCUT2D eigenvalue weighted by Gasteiger charge is -2.02. The summed E-state index contributed by atoms with van der Waals surface area (Å²) < 4.78 is 46.0. The van der Waals surface area contributed by atoms with Crippen LogP contribution in [0.1, 0.15) is 5.56 Å². The van der Waals surface area contributed by atoms with Gasteiger partial charge in [0.05, 0.1) is 10.2 Å². The molecule has 2 nitrogen and oxygen atoms in total. The predicted octanol–water partition coefficient (Wildman–Crippen LogP) is 2.43. The second-order valence-electron chi connectivity index (χ2n) is 2.71. The van der Waals surface area contributed by atoms with Gasteiger partial charge >= 0.3 is 10.2 Å². The Morgan fingerprint density at radius 3 is 2.57 bits per heavy atom. The van der Waals surface area contributed by atoms with Crippen LogP contribution in [-0.4, -0.2) is 14.2 Å². The fourth-order valence-corrected chi connectivity index (χ4v) is 1.84. The SMILES string of the molecule is O=S(=O)(F)CCc1cccc(Br)c1F. The Bertz CT molecular complexity index is 431. The normalized spacial score (nSPS) is 11.6. The molecule has 0 atom stereocenters. The second-order valence-corrected chi connectivity index (χ2v) is 5.05. The molecule has 0 radical (unpaired) electrons. The largest absolute Gasteiger partial charge is 0.302 e. The van der Waals surface area contributed by atoms with Crippen LogP contribution in [0.2, 0.25) is 0 Å². The third kappa shape index (κ3) is 3.34. The van der Waals surface area contributed by atoms with E-state index in [0.29, 0.717) is 0 Å². The maximum absolute atomic E-state index is 13.2. The summed E-state index contributed by atoms with van der Waals surface area (Å²) in [6.07, 6.45) is -0.163. The molecule has 0 unspecified atom stereocenters. The molecule has 1 aromatic rings. The van der Waals surface area contributed by atoms with Gasteiger partial charge in [-0.3, -0.25) is 0 Å². The molecule has 0 aromatic heterocycles. The summed E-state index contributed by atoms with van der Waals surface area (Å²) in [4.78, 5) is 0. The molecular formula is C8H7BrF2O2S. The van der Waals surface area contributed by atoms with Crippen LogP contribution in [0.4, 0.5) is 8.28 Å². The fourth-order valence-electron chi connectivity index (χ4n) is 0.973. The molecule has 0 saturated carbocycles. The van der Waals surface area contributed by atoms with Crippen LogP contribution in [0, 0.1) is 5.82 Å². The zero-order valence-corrected chi connectivity index (χ0v) is 9.41. The summed E-state index contributed by atoms with van der Waals surface area (Å²) in [7, 11) is -4.53. The molecule has 0 aliphatic heterocycles. The molecule has 78 valence electrons. The number of rotatable bonds is 3. The maximum Gasteiger partial charge on any atom is 0.302 e. The number of benzene rings is 1. The molecular weight excluding hydrogens is 278 g/mol. The van der Waals surface area contributed by atoms with Gasteiger partial charge in [0.1, 0.15) is 5.82 Å². The molecule has 0 aliphatic carbocycles. The van der Waals surface area contributed by atoms with E-state index in [4.69, 9.17) is 0 Å². The monoisotopic (exact) mass is 284 g/mol. The lowest BCUT2D eigenvalue weighted by atomic mass is 10.2. The summed E-state index contributed by atoms with van der Waals surface area (Å²) >= 11 is 2.95. The van der Waals surface area contributed by atoms with Gasteiger partial charge < -0.3 is 0 Å². The van der Waals surface area contributed by atoms with Gasteiger partial charge in [-0.1, -0.05) is 12.1 Å². The standard InChI is InChI=1S/C8H7BrF2O2S/c9-7-3-1-2-6(8(7)10)4-5-14(11,12)13/h1-3H,4-5H2. The molecule has 0 N–H and O–H groups in total. The Morgan fingerprint density at radius 1 is 1.36 bits per heavy atom. The first kappa shape index (κ1) is 11.6. The third-order valence-corrected chi connectivity index (χ3v) is 2.95. The van der Waals surface area contributed by atoms with Crippen molar-refractivity contribution in [3.05, 3.63) is 34.1 Å². The van der Waals surface area contributed by atoms with E-state index >= 15 is 0 Å². The molecule has 1 aromatic carbocycles. The van der Waals surface area contributed by atoms with Crippen molar-refractivity contribution in [2.45, 2.75) is 6.42 Å². The highest BCUT2D eigenvalue weighted by atomic mass is 79.9. The van der Waals surface area contributed by atoms with Crippen LogP contribution >= 0.6 is 15.9 Å². The van der Waals surface area contributed by atoms with Gasteiger partial charge in [0.2, 0.25) is 0 Å². The van der Waals surface area contributed by atoms with Gasteiger partial charge in [0, 0.05) is 0 Å².